The molecule has 6 heteroatoms. The minimum absolute atomic E-state index is 0.250. The zero-order chi connectivity index (χ0) is 16.8. The van der Waals surface area contributed by atoms with E-state index in [1.54, 1.807) is 12.1 Å². The number of nitrogens with zero attached hydrogens (tertiary/aromatic N) is 1. The van der Waals surface area contributed by atoms with Crippen molar-refractivity contribution in [1.82, 2.24) is 10.6 Å². The molecule has 130 valence electrons. The minimum atomic E-state index is -0.250. The van der Waals surface area contributed by atoms with Crippen molar-refractivity contribution in [2.24, 2.45) is 4.99 Å². The molecular weight excluding hydrogens is 297 g/mol. The lowest BCUT2D eigenvalue weighted by Crippen LogP contribution is -2.39. The van der Waals surface area contributed by atoms with Crippen LogP contribution in [0.15, 0.2) is 29.3 Å². The monoisotopic (exact) mass is 325 g/mol. The summed E-state index contributed by atoms with van der Waals surface area (Å²) in [7, 11) is 0. The van der Waals surface area contributed by atoms with E-state index in [1.807, 2.05) is 13.8 Å². The molecule has 0 unspecified atom stereocenters. The zero-order valence-electron chi connectivity index (χ0n) is 14.1. The van der Waals surface area contributed by atoms with Gasteiger partial charge >= 0.3 is 0 Å². The molecule has 5 nitrogen and oxygen atoms in total. The fourth-order valence-electron chi connectivity index (χ4n) is 1.85. The molecule has 0 aliphatic heterocycles. The van der Waals surface area contributed by atoms with Crippen molar-refractivity contribution in [3.8, 4) is 5.75 Å². The summed E-state index contributed by atoms with van der Waals surface area (Å²) in [6.45, 7) is 8.33. The Morgan fingerprint density at radius 1 is 1.09 bits per heavy atom. The number of ether oxygens (including phenoxy) is 2. The quantitative estimate of drug-likeness (QED) is 0.373. The maximum Gasteiger partial charge on any atom is 0.191 e. The van der Waals surface area contributed by atoms with E-state index in [2.05, 4.69) is 15.6 Å². The predicted octanol–water partition coefficient (Wildman–Crippen LogP) is 2.58. The van der Waals surface area contributed by atoms with Gasteiger partial charge in [0.15, 0.2) is 5.96 Å². The van der Waals surface area contributed by atoms with Crippen LogP contribution in [0.1, 0.15) is 26.7 Å². The van der Waals surface area contributed by atoms with Gasteiger partial charge in [0, 0.05) is 26.2 Å². The summed E-state index contributed by atoms with van der Waals surface area (Å²) in [6, 6.07) is 6.07. The first-order valence-corrected chi connectivity index (χ1v) is 8.24. The van der Waals surface area contributed by atoms with E-state index in [1.165, 1.54) is 12.1 Å². The summed E-state index contributed by atoms with van der Waals surface area (Å²) in [5.74, 6) is 1.26. The van der Waals surface area contributed by atoms with Crippen molar-refractivity contribution in [1.29, 1.82) is 0 Å². The van der Waals surface area contributed by atoms with Gasteiger partial charge in [0.25, 0.3) is 0 Å². The number of guanidine groups is 1. The SMILES string of the molecule is CCNC(=NCCCCOc1ccc(F)cc1)NCCOCC. The Bertz CT molecular complexity index is 438. The average Bonchev–Trinajstić information content (AvgIpc) is 2.56. The van der Waals surface area contributed by atoms with E-state index in [0.29, 0.717) is 19.0 Å². The summed E-state index contributed by atoms with van der Waals surface area (Å²) in [5, 5.41) is 6.42. The number of halogens is 1. The lowest BCUT2D eigenvalue weighted by atomic mass is 10.3. The van der Waals surface area contributed by atoms with E-state index in [9.17, 15) is 4.39 Å². The Labute approximate surface area is 138 Å². The molecular formula is C17H28FN3O2. The molecule has 0 spiro atoms. The van der Waals surface area contributed by atoms with Gasteiger partial charge in [-0.3, -0.25) is 4.99 Å². The number of aliphatic imine (C=N–C) groups is 1. The number of hydrogen-bond acceptors (Lipinski definition) is 3. The molecule has 0 bridgehead atoms. The van der Waals surface area contributed by atoms with Gasteiger partial charge in [-0.15, -0.1) is 0 Å². The second kappa shape index (κ2) is 12.7. The normalized spacial score (nSPS) is 11.3. The van der Waals surface area contributed by atoms with Crippen LogP contribution in [-0.2, 0) is 4.74 Å². The first-order chi connectivity index (χ1) is 11.3. The van der Waals surface area contributed by atoms with Gasteiger partial charge in [0.05, 0.1) is 13.2 Å². The molecule has 0 atom stereocenters. The van der Waals surface area contributed by atoms with E-state index < -0.39 is 0 Å². The molecule has 0 aliphatic rings. The van der Waals surface area contributed by atoms with Crippen LogP contribution in [0.3, 0.4) is 0 Å². The standard InChI is InChI=1S/C17H28FN3O2/c1-3-19-17(21-12-14-22-4-2)20-11-5-6-13-23-16-9-7-15(18)8-10-16/h7-10H,3-6,11-14H2,1-2H3,(H2,19,20,21). The first-order valence-electron chi connectivity index (χ1n) is 8.24. The Morgan fingerprint density at radius 3 is 2.57 bits per heavy atom. The van der Waals surface area contributed by atoms with Gasteiger partial charge in [0.1, 0.15) is 11.6 Å². The second-order valence-corrected chi connectivity index (χ2v) is 4.89. The van der Waals surface area contributed by atoms with Crippen molar-refractivity contribution in [2.45, 2.75) is 26.7 Å². The maximum atomic E-state index is 12.8. The van der Waals surface area contributed by atoms with Crippen LogP contribution in [0.5, 0.6) is 5.75 Å². The smallest absolute Gasteiger partial charge is 0.191 e. The van der Waals surface area contributed by atoms with Crippen molar-refractivity contribution in [2.75, 3.05) is 39.5 Å². The number of hydrogen-bond donors (Lipinski definition) is 2. The fraction of sp³-hybridized carbons (Fsp3) is 0.588. The van der Waals surface area contributed by atoms with Crippen molar-refractivity contribution in [3.63, 3.8) is 0 Å². The third-order valence-electron chi connectivity index (χ3n) is 2.99. The first kappa shape index (κ1) is 19.2. The molecule has 1 rings (SSSR count). The Balaban J connectivity index is 2.14. The molecule has 1 aromatic carbocycles. The topological polar surface area (TPSA) is 54.9 Å². The zero-order valence-corrected chi connectivity index (χ0v) is 14.1. The van der Waals surface area contributed by atoms with Crippen LogP contribution < -0.4 is 15.4 Å². The van der Waals surface area contributed by atoms with Gasteiger partial charge < -0.3 is 20.1 Å². The Hall–Kier alpha value is -1.82. The summed E-state index contributed by atoms with van der Waals surface area (Å²) >= 11 is 0. The number of unbranched alkanes of at least 4 members (excludes halogenated alkanes) is 1. The Morgan fingerprint density at radius 2 is 1.87 bits per heavy atom. The molecule has 2 N–H and O–H groups in total. The van der Waals surface area contributed by atoms with E-state index in [4.69, 9.17) is 9.47 Å². The molecule has 0 aliphatic carbocycles. The predicted molar refractivity (Wildman–Crippen MR) is 91.6 cm³/mol. The summed E-state index contributed by atoms with van der Waals surface area (Å²) in [5.41, 5.74) is 0. The van der Waals surface area contributed by atoms with Gasteiger partial charge in [0.2, 0.25) is 0 Å². The fourth-order valence-corrected chi connectivity index (χ4v) is 1.85. The number of benzene rings is 1. The van der Waals surface area contributed by atoms with E-state index in [0.717, 1.165) is 45.0 Å². The van der Waals surface area contributed by atoms with Crippen LogP contribution in [0.4, 0.5) is 4.39 Å². The van der Waals surface area contributed by atoms with E-state index in [-0.39, 0.29) is 5.82 Å². The molecule has 1 aromatic rings. The lowest BCUT2D eigenvalue weighted by Gasteiger charge is -2.11. The highest BCUT2D eigenvalue weighted by Crippen LogP contribution is 2.11. The third kappa shape index (κ3) is 9.73. The third-order valence-corrected chi connectivity index (χ3v) is 2.99. The lowest BCUT2D eigenvalue weighted by molar-refractivity contribution is 0.152. The van der Waals surface area contributed by atoms with Crippen molar-refractivity contribution < 1.29 is 13.9 Å². The van der Waals surface area contributed by atoms with Crippen molar-refractivity contribution in [3.05, 3.63) is 30.1 Å². The van der Waals surface area contributed by atoms with E-state index >= 15 is 0 Å². The molecule has 23 heavy (non-hydrogen) atoms. The highest BCUT2D eigenvalue weighted by atomic mass is 19.1. The summed E-state index contributed by atoms with van der Waals surface area (Å²) < 4.78 is 23.6. The highest BCUT2D eigenvalue weighted by molar-refractivity contribution is 5.79. The molecule has 0 saturated heterocycles. The molecule has 0 amide bonds. The van der Waals surface area contributed by atoms with Crippen LogP contribution in [-0.4, -0.2) is 45.4 Å². The number of rotatable bonds is 11. The molecule has 0 heterocycles. The highest BCUT2D eigenvalue weighted by Gasteiger charge is 1.97. The van der Waals surface area contributed by atoms with Crippen molar-refractivity contribution >= 4 is 5.96 Å². The molecule has 0 aromatic heterocycles. The van der Waals surface area contributed by atoms with Crippen LogP contribution in [0.2, 0.25) is 0 Å². The van der Waals surface area contributed by atoms with Gasteiger partial charge in [-0.2, -0.15) is 0 Å². The van der Waals surface area contributed by atoms with Crippen LogP contribution in [0.25, 0.3) is 0 Å². The molecule has 0 saturated carbocycles. The summed E-state index contributed by atoms with van der Waals surface area (Å²) in [4.78, 5) is 4.50. The van der Waals surface area contributed by atoms with Gasteiger partial charge in [-0.1, -0.05) is 0 Å². The summed E-state index contributed by atoms with van der Waals surface area (Å²) in [6.07, 6.45) is 1.84. The minimum Gasteiger partial charge on any atom is -0.494 e. The van der Waals surface area contributed by atoms with Crippen LogP contribution in [0, 0.1) is 5.82 Å². The van der Waals surface area contributed by atoms with Gasteiger partial charge in [-0.25, -0.2) is 4.39 Å². The van der Waals surface area contributed by atoms with Crippen LogP contribution >= 0.6 is 0 Å². The largest absolute Gasteiger partial charge is 0.494 e. The maximum absolute atomic E-state index is 12.8. The molecule has 0 fully saturated rings. The average molecular weight is 325 g/mol. The second-order valence-electron chi connectivity index (χ2n) is 4.89. The Kier molecular flexibility index (Phi) is 10.6. The number of nitrogens with one attached hydrogen (secondary N) is 2. The molecule has 0 radical (unpaired) electrons. The van der Waals surface area contributed by atoms with Gasteiger partial charge in [-0.05, 0) is 51.0 Å².